The maximum absolute atomic E-state index is 12.4. The molecule has 3 heterocycles. The summed E-state index contributed by atoms with van der Waals surface area (Å²) in [5.41, 5.74) is 8.44. The van der Waals surface area contributed by atoms with Gasteiger partial charge in [-0.3, -0.25) is 4.79 Å². The summed E-state index contributed by atoms with van der Waals surface area (Å²) in [5, 5.41) is 5.37. The van der Waals surface area contributed by atoms with Crippen molar-refractivity contribution < 1.29 is 0 Å². The summed E-state index contributed by atoms with van der Waals surface area (Å²) < 4.78 is 1.65. The van der Waals surface area contributed by atoms with Gasteiger partial charge in [0.2, 0.25) is 0 Å². The van der Waals surface area contributed by atoms with Crippen LogP contribution in [0.2, 0.25) is 5.02 Å². The van der Waals surface area contributed by atoms with E-state index in [1.54, 1.807) is 16.9 Å². The van der Waals surface area contributed by atoms with Crippen LogP contribution in [0.3, 0.4) is 0 Å². The highest BCUT2D eigenvalue weighted by Gasteiger charge is 2.25. The molecular weight excluding hydrogens is 338 g/mol. The zero-order chi connectivity index (χ0) is 17.4. The molecule has 0 saturated carbocycles. The van der Waals surface area contributed by atoms with E-state index < -0.39 is 0 Å². The van der Waals surface area contributed by atoms with Gasteiger partial charge in [0.25, 0.3) is 5.56 Å². The molecule has 4 rings (SSSR count). The molecule has 7 heteroatoms. The number of hydrogen-bond donors (Lipinski definition) is 2. The second kappa shape index (κ2) is 6.54. The summed E-state index contributed by atoms with van der Waals surface area (Å²) in [4.78, 5) is 17.4. The van der Waals surface area contributed by atoms with Crippen molar-refractivity contribution in [3.63, 3.8) is 0 Å². The molecule has 1 aliphatic rings. The number of piperidine rings is 1. The number of fused-ring (bicyclic) bond motifs is 1. The summed E-state index contributed by atoms with van der Waals surface area (Å²) in [6.45, 7) is 1.64. The fourth-order valence-electron chi connectivity index (χ4n) is 3.51. The Balaban J connectivity index is 1.86. The molecule has 130 valence electrons. The number of nitrogens with one attached hydrogen (secondary N) is 1. The van der Waals surface area contributed by atoms with Gasteiger partial charge in [0, 0.05) is 48.5 Å². The fourth-order valence-corrected chi connectivity index (χ4v) is 3.71. The van der Waals surface area contributed by atoms with E-state index in [2.05, 4.69) is 15.0 Å². The third-order valence-corrected chi connectivity index (χ3v) is 5.08. The highest BCUT2D eigenvalue weighted by Crippen LogP contribution is 2.29. The summed E-state index contributed by atoms with van der Waals surface area (Å²) in [6.07, 6.45) is 5.96. The van der Waals surface area contributed by atoms with Crippen molar-refractivity contribution in [3.8, 4) is 0 Å². The van der Waals surface area contributed by atoms with Crippen LogP contribution in [0.15, 0.2) is 41.5 Å². The first-order valence-electron chi connectivity index (χ1n) is 8.46. The Bertz CT molecular complexity index is 963. The van der Waals surface area contributed by atoms with Crippen LogP contribution in [0.1, 0.15) is 24.0 Å². The predicted octanol–water partition coefficient (Wildman–Crippen LogP) is 2.19. The fraction of sp³-hybridized carbons (Fsp3) is 0.333. The molecule has 0 radical (unpaired) electrons. The lowest BCUT2D eigenvalue weighted by atomic mass is 10.0. The SMILES string of the molecule is N[C@@H]1CCCN(c2nn3cc[nH]c(=O)c3c2Cc2ccccc2Cl)C1. The molecule has 1 fully saturated rings. The average molecular weight is 358 g/mol. The Hall–Kier alpha value is -2.31. The molecule has 0 spiro atoms. The van der Waals surface area contributed by atoms with E-state index in [9.17, 15) is 4.79 Å². The lowest BCUT2D eigenvalue weighted by molar-refractivity contribution is 0.502. The van der Waals surface area contributed by atoms with Crippen molar-refractivity contribution in [1.82, 2.24) is 14.6 Å². The number of nitrogens with zero attached hydrogens (tertiary/aromatic N) is 3. The van der Waals surface area contributed by atoms with Gasteiger partial charge in [0.1, 0.15) is 5.52 Å². The summed E-state index contributed by atoms with van der Waals surface area (Å²) in [6, 6.07) is 7.83. The van der Waals surface area contributed by atoms with Gasteiger partial charge in [-0.25, -0.2) is 4.52 Å². The quantitative estimate of drug-likeness (QED) is 0.753. The molecule has 2 aromatic heterocycles. The molecule has 0 unspecified atom stereocenters. The predicted molar refractivity (Wildman–Crippen MR) is 99.5 cm³/mol. The van der Waals surface area contributed by atoms with Gasteiger partial charge in [0.15, 0.2) is 5.82 Å². The van der Waals surface area contributed by atoms with Crippen molar-refractivity contribution in [2.75, 3.05) is 18.0 Å². The first-order valence-corrected chi connectivity index (χ1v) is 8.84. The standard InChI is InChI=1S/C18H20ClN5O/c19-15-6-2-1-4-12(15)10-14-16-18(25)21-7-9-24(16)22-17(14)23-8-3-5-13(20)11-23/h1-2,4,6-7,9,13H,3,5,8,10-11,20H2,(H,21,25)/t13-/m1/s1. The zero-order valence-corrected chi connectivity index (χ0v) is 14.5. The van der Waals surface area contributed by atoms with Crippen LogP contribution in [0.5, 0.6) is 0 Å². The van der Waals surface area contributed by atoms with Crippen LogP contribution in [0, 0.1) is 0 Å². The molecule has 3 N–H and O–H groups in total. The smallest absolute Gasteiger partial charge is 0.274 e. The van der Waals surface area contributed by atoms with Crippen LogP contribution in [-0.4, -0.2) is 33.7 Å². The molecule has 1 aromatic carbocycles. The Morgan fingerprint density at radius 1 is 1.36 bits per heavy atom. The molecule has 0 bridgehead atoms. The first kappa shape index (κ1) is 16.2. The van der Waals surface area contributed by atoms with E-state index in [1.807, 2.05) is 24.3 Å². The summed E-state index contributed by atoms with van der Waals surface area (Å²) >= 11 is 6.35. The number of H-pyrrole nitrogens is 1. The monoisotopic (exact) mass is 357 g/mol. The van der Waals surface area contributed by atoms with E-state index in [1.165, 1.54) is 0 Å². The van der Waals surface area contributed by atoms with Crippen LogP contribution < -0.4 is 16.2 Å². The Morgan fingerprint density at radius 2 is 2.20 bits per heavy atom. The van der Waals surface area contributed by atoms with Gasteiger partial charge >= 0.3 is 0 Å². The van der Waals surface area contributed by atoms with E-state index in [0.29, 0.717) is 17.0 Å². The first-order chi connectivity index (χ1) is 12.1. The van der Waals surface area contributed by atoms with Crippen molar-refractivity contribution in [3.05, 3.63) is 63.2 Å². The molecule has 3 aromatic rings. The van der Waals surface area contributed by atoms with Crippen LogP contribution in [0.4, 0.5) is 5.82 Å². The van der Waals surface area contributed by atoms with E-state index in [4.69, 9.17) is 17.3 Å². The number of anilines is 1. The number of aromatic amines is 1. The number of aromatic nitrogens is 3. The third-order valence-electron chi connectivity index (χ3n) is 4.72. The number of hydrogen-bond acceptors (Lipinski definition) is 4. The van der Waals surface area contributed by atoms with E-state index >= 15 is 0 Å². The summed E-state index contributed by atoms with van der Waals surface area (Å²) in [7, 11) is 0. The molecule has 6 nitrogen and oxygen atoms in total. The van der Waals surface area contributed by atoms with Crippen LogP contribution in [0.25, 0.3) is 5.52 Å². The highest BCUT2D eigenvalue weighted by atomic mass is 35.5. The molecule has 25 heavy (non-hydrogen) atoms. The van der Waals surface area contributed by atoms with E-state index in [0.717, 1.165) is 42.9 Å². The minimum absolute atomic E-state index is 0.130. The van der Waals surface area contributed by atoms with E-state index in [-0.39, 0.29) is 11.6 Å². The van der Waals surface area contributed by atoms with Gasteiger partial charge in [-0.1, -0.05) is 29.8 Å². The molecule has 0 aliphatic carbocycles. The van der Waals surface area contributed by atoms with Gasteiger partial charge in [-0.15, -0.1) is 5.10 Å². The number of benzene rings is 1. The topological polar surface area (TPSA) is 79.4 Å². The van der Waals surface area contributed by atoms with Crippen LogP contribution in [-0.2, 0) is 6.42 Å². The lowest BCUT2D eigenvalue weighted by Crippen LogP contribution is -2.43. The highest BCUT2D eigenvalue weighted by molar-refractivity contribution is 6.31. The van der Waals surface area contributed by atoms with Crippen molar-refractivity contribution >= 4 is 22.9 Å². The minimum atomic E-state index is -0.149. The lowest BCUT2D eigenvalue weighted by Gasteiger charge is -2.31. The van der Waals surface area contributed by atoms with Crippen molar-refractivity contribution in [2.24, 2.45) is 5.73 Å². The third kappa shape index (κ3) is 3.03. The average Bonchev–Trinajstić information content (AvgIpc) is 2.97. The summed E-state index contributed by atoms with van der Waals surface area (Å²) in [5.74, 6) is 0.826. The second-order valence-electron chi connectivity index (χ2n) is 6.50. The Labute approximate surface area is 150 Å². The maximum Gasteiger partial charge on any atom is 0.274 e. The number of nitrogens with two attached hydrogens (primary N) is 1. The number of halogens is 1. The molecule has 0 amide bonds. The molecule has 1 atom stereocenters. The Morgan fingerprint density at radius 3 is 3.00 bits per heavy atom. The van der Waals surface area contributed by atoms with Gasteiger partial charge in [0.05, 0.1) is 0 Å². The number of rotatable bonds is 3. The molecule has 1 saturated heterocycles. The van der Waals surface area contributed by atoms with Crippen molar-refractivity contribution in [1.29, 1.82) is 0 Å². The van der Waals surface area contributed by atoms with Gasteiger partial charge < -0.3 is 15.6 Å². The van der Waals surface area contributed by atoms with Crippen molar-refractivity contribution in [2.45, 2.75) is 25.3 Å². The Kier molecular flexibility index (Phi) is 4.23. The second-order valence-corrected chi connectivity index (χ2v) is 6.91. The normalized spacial score (nSPS) is 18.0. The zero-order valence-electron chi connectivity index (χ0n) is 13.8. The van der Waals surface area contributed by atoms with Gasteiger partial charge in [-0.05, 0) is 24.5 Å². The minimum Gasteiger partial charge on any atom is -0.353 e. The maximum atomic E-state index is 12.4. The molecular formula is C18H20ClN5O. The molecule has 1 aliphatic heterocycles. The van der Waals surface area contributed by atoms with Crippen LogP contribution >= 0.6 is 11.6 Å². The van der Waals surface area contributed by atoms with Gasteiger partial charge in [-0.2, -0.15) is 0 Å². The largest absolute Gasteiger partial charge is 0.353 e.